The predicted molar refractivity (Wildman–Crippen MR) is 57.0 cm³/mol. The molecule has 2 rings (SSSR count). The van der Waals surface area contributed by atoms with E-state index in [4.69, 9.17) is 5.26 Å². The molecular formula is C12H14N2. The number of nitrogens with one attached hydrogen (secondary N) is 1. The van der Waals surface area contributed by atoms with Crippen LogP contribution in [0.4, 0.5) is 5.69 Å². The molecule has 2 heteroatoms. The molecule has 0 aromatic heterocycles. The van der Waals surface area contributed by atoms with Crippen molar-refractivity contribution >= 4 is 5.69 Å². The summed E-state index contributed by atoms with van der Waals surface area (Å²) >= 11 is 0. The maximum Gasteiger partial charge on any atom is 0.101 e. The van der Waals surface area contributed by atoms with Crippen molar-refractivity contribution in [3.8, 4) is 6.07 Å². The highest BCUT2D eigenvalue weighted by Crippen LogP contribution is 2.46. The molecule has 0 heterocycles. The summed E-state index contributed by atoms with van der Waals surface area (Å²) in [6.07, 6.45) is 1.19. The highest BCUT2D eigenvalue weighted by Gasteiger charge is 2.45. The van der Waals surface area contributed by atoms with Crippen LogP contribution in [0.2, 0.25) is 0 Å². The van der Waals surface area contributed by atoms with Crippen LogP contribution in [0, 0.1) is 16.7 Å². The van der Waals surface area contributed by atoms with Crippen molar-refractivity contribution in [3.05, 3.63) is 29.8 Å². The standard InChI is InChI=1S/C12H14N2/c1-12(2)7-11(12)14-10-6-4-3-5-9(10)8-13/h3-6,11,14H,7H2,1-2H3. The van der Waals surface area contributed by atoms with Crippen molar-refractivity contribution in [3.63, 3.8) is 0 Å². The molecule has 1 aliphatic carbocycles. The van der Waals surface area contributed by atoms with E-state index in [2.05, 4.69) is 25.2 Å². The van der Waals surface area contributed by atoms with Gasteiger partial charge in [-0.15, -0.1) is 0 Å². The maximum atomic E-state index is 8.89. The average Bonchev–Trinajstić information content (AvgIpc) is 2.75. The third-order valence-electron chi connectivity index (χ3n) is 2.89. The maximum absolute atomic E-state index is 8.89. The van der Waals surface area contributed by atoms with E-state index in [1.165, 1.54) is 6.42 Å². The number of nitriles is 1. The molecule has 1 aromatic rings. The van der Waals surface area contributed by atoms with Crippen molar-refractivity contribution in [1.82, 2.24) is 0 Å². The summed E-state index contributed by atoms with van der Waals surface area (Å²) in [6.45, 7) is 4.47. The van der Waals surface area contributed by atoms with E-state index < -0.39 is 0 Å². The second kappa shape index (κ2) is 3.02. The number of hydrogen-bond donors (Lipinski definition) is 1. The number of benzene rings is 1. The first-order valence-corrected chi connectivity index (χ1v) is 4.89. The fraction of sp³-hybridized carbons (Fsp3) is 0.417. The van der Waals surface area contributed by atoms with Gasteiger partial charge in [0.05, 0.1) is 11.3 Å². The van der Waals surface area contributed by atoms with Crippen molar-refractivity contribution in [1.29, 1.82) is 5.26 Å². The topological polar surface area (TPSA) is 35.8 Å². The fourth-order valence-electron chi connectivity index (χ4n) is 1.61. The molecule has 1 aliphatic rings. The lowest BCUT2D eigenvalue weighted by atomic mass is 10.1. The number of para-hydroxylation sites is 1. The monoisotopic (exact) mass is 186 g/mol. The van der Waals surface area contributed by atoms with E-state index >= 15 is 0 Å². The average molecular weight is 186 g/mol. The number of nitrogens with zero attached hydrogens (tertiary/aromatic N) is 1. The number of hydrogen-bond acceptors (Lipinski definition) is 2. The van der Waals surface area contributed by atoms with Crippen molar-refractivity contribution in [2.24, 2.45) is 5.41 Å². The Morgan fingerprint density at radius 3 is 2.64 bits per heavy atom. The minimum atomic E-state index is 0.391. The highest BCUT2D eigenvalue weighted by molar-refractivity contribution is 5.58. The number of anilines is 1. The Morgan fingerprint density at radius 2 is 2.07 bits per heavy atom. The molecule has 0 bridgehead atoms. The Kier molecular flexibility index (Phi) is 1.96. The van der Waals surface area contributed by atoms with Gasteiger partial charge in [-0.3, -0.25) is 0 Å². The van der Waals surface area contributed by atoms with Crippen LogP contribution >= 0.6 is 0 Å². The normalized spacial score (nSPS) is 22.5. The zero-order valence-electron chi connectivity index (χ0n) is 8.54. The third kappa shape index (κ3) is 1.58. The minimum Gasteiger partial charge on any atom is -0.381 e. The Bertz CT molecular complexity index is 388. The van der Waals surface area contributed by atoms with Gasteiger partial charge in [-0.05, 0) is 24.0 Å². The first-order valence-electron chi connectivity index (χ1n) is 4.89. The van der Waals surface area contributed by atoms with Crippen LogP contribution in [0.3, 0.4) is 0 Å². The summed E-state index contributed by atoms with van der Waals surface area (Å²) in [6, 6.07) is 10.4. The van der Waals surface area contributed by atoms with Gasteiger partial charge in [0.2, 0.25) is 0 Å². The van der Waals surface area contributed by atoms with Gasteiger partial charge in [0.15, 0.2) is 0 Å². The minimum absolute atomic E-state index is 0.391. The summed E-state index contributed by atoms with van der Waals surface area (Å²) in [7, 11) is 0. The summed E-state index contributed by atoms with van der Waals surface area (Å²) in [5.41, 5.74) is 2.09. The third-order valence-corrected chi connectivity index (χ3v) is 2.89. The van der Waals surface area contributed by atoms with Crippen molar-refractivity contribution in [2.45, 2.75) is 26.3 Å². The van der Waals surface area contributed by atoms with E-state index in [9.17, 15) is 0 Å². The molecular weight excluding hydrogens is 172 g/mol. The quantitative estimate of drug-likeness (QED) is 0.770. The van der Waals surface area contributed by atoms with Gasteiger partial charge in [0, 0.05) is 6.04 Å². The van der Waals surface area contributed by atoms with Crippen LogP contribution in [0.1, 0.15) is 25.8 Å². The Balaban J connectivity index is 2.15. The SMILES string of the molecule is CC1(C)CC1Nc1ccccc1C#N. The van der Waals surface area contributed by atoms with Crippen LogP contribution < -0.4 is 5.32 Å². The highest BCUT2D eigenvalue weighted by atomic mass is 15.0. The molecule has 0 saturated heterocycles. The van der Waals surface area contributed by atoms with Crippen molar-refractivity contribution < 1.29 is 0 Å². The molecule has 1 atom stereocenters. The van der Waals surface area contributed by atoms with E-state index in [0.29, 0.717) is 11.5 Å². The van der Waals surface area contributed by atoms with Crippen LogP contribution in [0.25, 0.3) is 0 Å². The molecule has 0 spiro atoms. The lowest BCUT2D eigenvalue weighted by Crippen LogP contribution is -2.09. The lowest BCUT2D eigenvalue weighted by molar-refractivity contribution is 0.630. The smallest absolute Gasteiger partial charge is 0.101 e. The zero-order chi connectivity index (χ0) is 10.2. The van der Waals surface area contributed by atoms with Crippen molar-refractivity contribution in [2.75, 3.05) is 5.32 Å². The van der Waals surface area contributed by atoms with Gasteiger partial charge in [0.1, 0.15) is 6.07 Å². The second-order valence-corrected chi connectivity index (χ2v) is 4.55. The largest absolute Gasteiger partial charge is 0.381 e. The van der Waals surface area contributed by atoms with Gasteiger partial charge in [-0.25, -0.2) is 0 Å². The molecule has 1 aromatic carbocycles. The predicted octanol–water partition coefficient (Wildman–Crippen LogP) is 2.77. The van der Waals surface area contributed by atoms with Gasteiger partial charge < -0.3 is 5.32 Å². The first kappa shape index (κ1) is 9.08. The Hall–Kier alpha value is -1.49. The number of rotatable bonds is 2. The summed E-state index contributed by atoms with van der Waals surface area (Å²) in [5, 5.41) is 12.3. The van der Waals surface area contributed by atoms with Crippen LogP contribution in [0.15, 0.2) is 24.3 Å². The van der Waals surface area contributed by atoms with E-state index in [0.717, 1.165) is 11.3 Å². The summed E-state index contributed by atoms with van der Waals surface area (Å²) < 4.78 is 0. The summed E-state index contributed by atoms with van der Waals surface area (Å²) in [5.74, 6) is 0. The molecule has 2 nitrogen and oxygen atoms in total. The van der Waals surface area contributed by atoms with Crippen LogP contribution in [-0.2, 0) is 0 Å². The lowest BCUT2D eigenvalue weighted by Gasteiger charge is -2.09. The fourth-order valence-corrected chi connectivity index (χ4v) is 1.61. The zero-order valence-corrected chi connectivity index (χ0v) is 8.54. The van der Waals surface area contributed by atoms with Gasteiger partial charge in [-0.1, -0.05) is 26.0 Å². The molecule has 0 amide bonds. The molecule has 1 fully saturated rings. The van der Waals surface area contributed by atoms with E-state index in [-0.39, 0.29) is 0 Å². The summed E-state index contributed by atoms with van der Waals surface area (Å²) in [4.78, 5) is 0. The van der Waals surface area contributed by atoms with E-state index in [1.807, 2.05) is 24.3 Å². The molecule has 0 radical (unpaired) electrons. The van der Waals surface area contributed by atoms with Gasteiger partial charge >= 0.3 is 0 Å². The molecule has 0 aliphatic heterocycles. The molecule has 14 heavy (non-hydrogen) atoms. The Morgan fingerprint density at radius 1 is 1.43 bits per heavy atom. The second-order valence-electron chi connectivity index (χ2n) is 4.55. The van der Waals surface area contributed by atoms with Gasteiger partial charge in [-0.2, -0.15) is 5.26 Å². The first-order chi connectivity index (χ1) is 6.63. The van der Waals surface area contributed by atoms with Gasteiger partial charge in [0.25, 0.3) is 0 Å². The van der Waals surface area contributed by atoms with Crippen LogP contribution in [-0.4, -0.2) is 6.04 Å². The molecule has 1 unspecified atom stereocenters. The molecule has 1 saturated carbocycles. The van der Waals surface area contributed by atoms with Crippen LogP contribution in [0.5, 0.6) is 0 Å². The Labute approximate surface area is 84.6 Å². The molecule has 72 valence electrons. The molecule has 1 N–H and O–H groups in total. The van der Waals surface area contributed by atoms with E-state index in [1.54, 1.807) is 0 Å².